The molecular formula is C25H16. The van der Waals surface area contributed by atoms with Crippen molar-refractivity contribution in [3.05, 3.63) is 131 Å². The lowest BCUT2D eigenvalue weighted by Crippen LogP contribution is -2.27. The SMILES string of the molecule is C=CC1=C(C=C)C2(C3=C1C=C=C=C3)c1ccccc1-c1ccccc12. The fourth-order valence-corrected chi connectivity index (χ4v) is 4.71. The lowest BCUT2D eigenvalue weighted by atomic mass is 9.68. The molecule has 1 spiro atoms. The molecule has 0 N–H and O–H groups in total. The Hall–Kier alpha value is -3.30. The van der Waals surface area contributed by atoms with Crippen molar-refractivity contribution in [1.82, 2.24) is 0 Å². The fraction of sp³-hybridized carbons (Fsp3) is 0.0400. The van der Waals surface area contributed by atoms with Crippen molar-refractivity contribution in [2.75, 3.05) is 0 Å². The Morgan fingerprint density at radius 1 is 0.760 bits per heavy atom. The van der Waals surface area contributed by atoms with Gasteiger partial charge in [-0.3, -0.25) is 0 Å². The second-order valence-electron chi connectivity index (χ2n) is 6.48. The van der Waals surface area contributed by atoms with Crippen molar-refractivity contribution in [3.63, 3.8) is 0 Å². The number of hydrogen-bond acceptors (Lipinski definition) is 0. The van der Waals surface area contributed by atoms with E-state index < -0.39 is 0 Å². The third kappa shape index (κ3) is 1.49. The normalized spacial score (nSPS) is 17.8. The Kier molecular flexibility index (Phi) is 2.73. The Morgan fingerprint density at radius 3 is 1.96 bits per heavy atom. The van der Waals surface area contributed by atoms with Gasteiger partial charge in [-0.1, -0.05) is 85.3 Å². The van der Waals surface area contributed by atoms with Crippen LogP contribution in [0, 0.1) is 0 Å². The molecule has 0 unspecified atom stereocenters. The summed E-state index contributed by atoms with van der Waals surface area (Å²) in [5, 5.41) is 0. The van der Waals surface area contributed by atoms with Gasteiger partial charge in [-0.05, 0) is 56.7 Å². The average molecular weight is 316 g/mol. The Labute approximate surface area is 147 Å². The molecule has 0 saturated heterocycles. The molecule has 0 fully saturated rings. The van der Waals surface area contributed by atoms with Crippen LogP contribution in [0.3, 0.4) is 0 Å². The van der Waals surface area contributed by atoms with E-state index in [0.29, 0.717) is 0 Å². The van der Waals surface area contributed by atoms with E-state index in [2.05, 4.69) is 79.2 Å². The first-order valence-corrected chi connectivity index (χ1v) is 8.45. The third-order valence-electron chi connectivity index (χ3n) is 5.56. The van der Waals surface area contributed by atoms with Gasteiger partial charge < -0.3 is 0 Å². The molecule has 0 nitrogen and oxygen atoms in total. The van der Waals surface area contributed by atoms with Crippen LogP contribution >= 0.6 is 0 Å². The lowest BCUT2D eigenvalue weighted by Gasteiger charge is -2.32. The second kappa shape index (κ2) is 4.85. The van der Waals surface area contributed by atoms with Gasteiger partial charge in [0.25, 0.3) is 0 Å². The predicted molar refractivity (Wildman–Crippen MR) is 103 cm³/mol. The van der Waals surface area contributed by atoms with Crippen molar-refractivity contribution < 1.29 is 0 Å². The highest BCUT2D eigenvalue weighted by atomic mass is 14.5. The first-order chi connectivity index (χ1) is 12.3. The van der Waals surface area contributed by atoms with Crippen LogP contribution in [0.5, 0.6) is 0 Å². The molecule has 25 heavy (non-hydrogen) atoms. The van der Waals surface area contributed by atoms with Crippen LogP contribution in [0.2, 0.25) is 0 Å². The van der Waals surface area contributed by atoms with Gasteiger partial charge in [0.1, 0.15) is 0 Å². The summed E-state index contributed by atoms with van der Waals surface area (Å²) in [6.07, 6.45) is 8.04. The van der Waals surface area contributed by atoms with Gasteiger partial charge in [0.05, 0.1) is 5.41 Å². The first kappa shape index (κ1) is 14.1. The molecule has 0 amide bonds. The van der Waals surface area contributed by atoms with Crippen LogP contribution in [0.25, 0.3) is 11.1 Å². The minimum atomic E-state index is -0.334. The molecule has 0 atom stereocenters. The molecule has 2 aromatic rings. The molecule has 3 aliphatic rings. The van der Waals surface area contributed by atoms with Crippen molar-refractivity contribution in [1.29, 1.82) is 0 Å². The first-order valence-electron chi connectivity index (χ1n) is 8.45. The number of benzene rings is 2. The molecule has 116 valence electrons. The van der Waals surface area contributed by atoms with Crippen molar-refractivity contribution in [2.45, 2.75) is 5.41 Å². The van der Waals surface area contributed by atoms with Crippen LogP contribution in [0.4, 0.5) is 0 Å². The Bertz CT molecular complexity index is 1070. The van der Waals surface area contributed by atoms with E-state index in [1.54, 1.807) is 0 Å². The van der Waals surface area contributed by atoms with E-state index in [0.717, 1.165) is 5.57 Å². The molecule has 0 aliphatic heterocycles. The maximum absolute atomic E-state index is 4.16. The summed E-state index contributed by atoms with van der Waals surface area (Å²) < 4.78 is 0. The van der Waals surface area contributed by atoms with E-state index in [4.69, 9.17) is 0 Å². The zero-order valence-electron chi connectivity index (χ0n) is 13.8. The van der Waals surface area contributed by atoms with Gasteiger partial charge in [0.15, 0.2) is 0 Å². The second-order valence-corrected chi connectivity index (χ2v) is 6.48. The molecular weight excluding hydrogens is 300 g/mol. The van der Waals surface area contributed by atoms with Gasteiger partial charge in [-0.2, -0.15) is 0 Å². The van der Waals surface area contributed by atoms with Crippen molar-refractivity contribution >= 4 is 0 Å². The van der Waals surface area contributed by atoms with Crippen LogP contribution in [0.15, 0.2) is 120 Å². The van der Waals surface area contributed by atoms with Crippen LogP contribution < -0.4 is 0 Å². The average Bonchev–Trinajstić information content (AvgIpc) is 3.14. The van der Waals surface area contributed by atoms with Gasteiger partial charge in [-0.15, -0.1) is 0 Å². The Morgan fingerprint density at radius 2 is 1.36 bits per heavy atom. The summed E-state index contributed by atoms with van der Waals surface area (Å²) in [7, 11) is 0. The molecule has 0 aromatic heterocycles. The lowest BCUT2D eigenvalue weighted by molar-refractivity contribution is 0.779. The quantitative estimate of drug-likeness (QED) is 0.613. The molecule has 2 aromatic carbocycles. The predicted octanol–water partition coefficient (Wildman–Crippen LogP) is 5.81. The van der Waals surface area contributed by atoms with Gasteiger partial charge in [0.2, 0.25) is 0 Å². The summed E-state index contributed by atoms with van der Waals surface area (Å²) in [5.41, 5.74) is 15.9. The third-order valence-corrected chi connectivity index (χ3v) is 5.56. The smallest absolute Gasteiger partial charge is 0.0731 e. The largest absolute Gasteiger partial charge is 0.0987 e. The zero-order valence-corrected chi connectivity index (χ0v) is 13.8. The molecule has 5 rings (SSSR count). The molecule has 0 heterocycles. The van der Waals surface area contributed by atoms with Gasteiger partial charge >= 0.3 is 0 Å². The number of rotatable bonds is 2. The molecule has 0 saturated carbocycles. The summed E-state index contributed by atoms with van der Waals surface area (Å²) >= 11 is 0. The van der Waals surface area contributed by atoms with Crippen molar-refractivity contribution in [3.8, 4) is 11.1 Å². The topological polar surface area (TPSA) is 0 Å². The highest BCUT2D eigenvalue weighted by Gasteiger charge is 2.52. The summed E-state index contributed by atoms with van der Waals surface area (Å²) in [4.78, 5) is 0. The summed E-state index contributed by atoms with van der Waals surface area (Å²) in [5.74, 6) is 0. The van der Waals surface area contributed by atoms with E-state index in [9.17, 15) is 0 Å². The number of allylic oxidation sites excluding steroid dienone is 8. The molecule has 3 aliphatic carbocycles. The molecule has 0 radical (unpaired) electrons. The van der Waals surface area contributed by atoms with E-state index in [-0.39, 0.29) is 5.41 Å². The van der Waals surface area contributed by atoms with Crippen LogP contribution in [0.1, 0.15) is 11.1 Å². The minimum absolute atomic E-state index is 0.334. The maximum Gasteiger partial charge on any atom is 0.0731 e. The minimum Gasteiger partial charge on any atom is -0.0987 e. The van der Waals surface area contributed by atoms with Crippen LogP contribution in [-0.4, -0.2) is 0 Å². The maximum atomic E-state index is 4.16. The summed E-state index contributed by atoms with van der Waals surface area (Å²) in [6, 6.07) is 17.4. The van der Waals surface area contributed by atoms with E-state index >= 15 is 0 Å². The summed E-state index contributed by atoms with van der Waals surface area (Å²) in [6.45, 7) is 8.24. The zero-order chi connectivity index (χ0) is 17.0. The van der Waals surface area contributed by atoms with Gasteiger partial charge in [-0.25, -0.2) is 0 Å². The molecule has 0 heteroatoms. The highest BCUT2D eigenvalue weighted by Crippen LogP contribution is 2.62. The molecule has 0 bridgehead atoms. The van der Waals surface area contributed by atoms with E-state index in [1.807, 2.05) is 18.2 Å². The standard InChI is InChI=1S/C25H16/c1-3-17-18-11-5-8-14-22(18)25(21(17)4-2)23-15-9-6-12-19(23)20-13-7-10-16-24(20)25/h3-4,6-7,9-16H,1-2H2. The number of fused-ring (bicyclic) bond motifs is 6. The fourth-order valence-electron chi connectivity index (χ4n) is 4.71. The van der Waals surface area contributed by atoms with Crippen LogP contribution in [-0.2, 0) is 5.41 Å². The number of hydrogen-bond donors (Lipinski definition) is 0. The van der Waals surface area contributed by atoms with Crippen molar-refractivity contribution in [2.24, 2.45) is 0 Å². The van der Waals surface area contributed by atoms with Gasteiger partial charge in [0, 0.05) is 0 Å². The van der Waals surface area contributed by atoms with E-state index in [1.165, 1.54) is 39.0 Å². The highest BCUT2D eigenvalue weighted by molar-refractivity contribution is 5.90. The monoisotopic (exact) mass is 316 g/mol. The Balaban J connectivity index is 2.02.